The molecule has 2 amide bonds. The summed E-state index contributed by atoms with van der Waals surface area (Å²) >= 11 is 5.91. The lowest BCUT2D eigenvalue weighted by molar-refractivity contribution is -0.140. The molecule has 6 heteroatoms. The van der Waals surface area contributed by atoms with Crippen molar-refractivity contribution in [3.05, 3.63) is 34.9 Å². The van der Waals surface area contributed by atoms with E-state index in [4.69, 9.17) is 16.7 Å². The molecule has 0 saturated carbocycles. The van der Waals surface area contributed by atoms with Gasteiger partial charge in [-0.2, -0.15) is 0 Å². The van der Waals surface area contributed by atoms with Crippen LogP contribution in [-0.2, 0) is 4.79 Å². The molecule has 0 radical (unpaired) electrons. The largest absolute Gasteiger partial charge is 0.480 e. The Morgan fingerprint density at radius 3 is 2.48 bits per heavy atom. The number of hydrogen-bond acceptors (Lipinski definition) is 2. The molecule has 0 spiro atoms. The molecule has 1 aromatic rings. The van der Waals surface area contributed by atoms with Gasteiger partial charge in [0.05, 0.1) is 6.04 Å². The Labute approximate surface area is 129 Å². The van der Waals surface area contributed by atoms with E-state index >= 15 is 0 Å². The Balaban J connectivity index is 2.65. The number of amides is 2. The monoisotopic (exact) mass is 312 g/mol. The van der Waals surface area contributed by atoms with E-state index in [2.05, 4.69) is 10.6 Å². The van der Waals surface area contributed by atoms with Crippen LogP contribution in [0.1, 0.15) is 38.8 Å². The van der Waals surface area contributed by atoms with E-state index in [0.717, 1.165) is 5.56 Å². The molecule has 0 aliphatic carbocycles. The maximum atomic E-state index is 11.9. The maximum Gasteiger partial charge on any atom is 0.326 e. The van der Waals surface area contributed by atoms with Crippen LogP contribution in [0, 0.1) is 5.92 Å². The first-order valence-electron chi connectivity index (χ1n) is 6.90. The van der Waals surface area contributed by atoms with Crippen molar-refractivity contribution in [3.63, 3.8) is 0 Å². The molecule has 1 rings (SSSR count). The van der Waals surface area contributed by atoms with Gasteiger partial charge < -0.3 is 15.7 Å². The lowest BCUT2D eigenvalue weighted by Gasteiger charge is -2.22. The van der Waals surface area contributed by atoms with Crippen molar-refractivity contribution in [2.75, 3.05) is 0 Å². The number of carboxylic acid groups (broad SMARTS) is 1. The van der Waals surface area contributed by atoms with Crippen LogP contribution in [0.4, 0.5) is 4.79 Å². The SMILES string of the molecule is CCC(C)[C@H](NC(=O)NC(C)c1cccc(Cl)c1)C(=O)O. The van der Waals surface area contributed by atoms with E-state index in [1.165, 1.54) is 0 Å². The van der Waals surface area contributed by atoms with E-state index in [9.17, 15) is 9.59 Å². The van der Waals surface area contributed by atoms with Crippen molar-refractivity contribution in [2.24, 2.45) is 5.92 Å². The average Bonchev–Trinajstić information content (AvgIpc) is 2.43. The van der Waals surface area contributed by atoms with Gasteiger partial charge in [-0.15, -0.1) is 0 Å². The highest BCUT2D eigenvalue weighted by atomic mass is 35.5. The topological polar surface area (TPSA) is 78.4 Å². The summed E-state index contributed by atoms with van der Waals surface area (Å²) in [6, 6.07) is 5.48. The zero-order chi connectivity index (χ0) is 16.0. The van der Waals surface area contributed by atoms with E-state index < -0.39 is 18.0 Å². The molecule has 0 heterocycles. The van der Waals surface area contributed by atoms with Crippen molar-refractivity contribution in [1.82, 2.24) is 10.6 Å². The first-order valence-corrected chi connectivity index (χ1v) is 7.28. The molecule has 0 saturated heterocycles. The Morgan fingerprint density at radius 2 is 1.95 bits per heavy atom. The Bertz CT molecular complexity index is 507. The molecule has 2 unspecified atom stereocenters. The third kappa shape index (κ3) is 5.27. The maximum absolute atomic E-state index is 11.9. The summed E-state index contributed by atoms with van der Waals surface area (Å²) in [4.78, 5) is 23.1. The quantitative estimate of drug-likeness (QED) is 0.754. The molecule has 0 aliphatic rings. The third-order valence-corrected chi connectivity index (χ3v) is 3.70. The van der Waals surface area contributed by atoms with Gasteiger partial charge in [-0.25, -0.2) is 9.59 Å². The number of carbonyl (C=O) groups excluding carboxylic acids is 1. The molecule has 1 aromatic carbocycles. The van der Waals surface area contributed by atoms with Crippen LogP contribution in [0.3, 0.4) is 0 Å². The third-order valence-electron chi connectivity index (χ3n) is 3.46. The summed E-state index contributed by atoms with van der Waals surface area (Å²) in [6.45, 7) is 5.48. The molecule has 0 fully saturated rings. The number of nitrogens with one attached hydrogen (secondary N) is 2. The molecule has 3 atom stereocenters. The van der Waals surface area contributed by atoms with Gasteiger partial charge in [0.1, 0.15) is 6.04 Å². The summed E-state index contributed by atoms with van der Waals surface area (Å²) in [5.41, 5.74) is 0.855. The van der Waals surface area contributed by atoms with Crippen molar-refractivity contribution >= 4 is 23.6 Å². The van der Waals surface area contributed by atoms with E-state index in [1.54, 1.807) is 25.1 Å². The summed E-state index contributed by atoms with van der Waals surface area (Å²) in [5.74, 6) is -1.18. The van der Waals surface area contributed by atoms with Crippen molar-refractivity contribution in [2.45, 2.75) is 39.3 Å². The average molecular weight is 313 g/mol. The molecule has 116 valence electrons. The summed E-state index contributed by atoms with van der Waals surface area (Å²) in [5, 5.41) is 15.0. The lowest BCUT2D eigenvalue weighted by Crippen LogP contribution is -2.49. The van der Waals surface area contributed by atoms with Crippen LogP contribution in [0.25, 0.3) is 0 Å². The highest BCUT2D eigenvalue weighted by molar-refractivity contribution is 6.30. The Morgan fingerprint density at radius 1 is 1.29 bits per heavy atom. The van der Waals surface area contributed by atoms with Crippen LogP contribution in [0.15, 0.2) is 24.3 Å². The predicted molar refractivity (Wildman–Crippen MR) is 82.4 cm³/mol. The molecule has 21 heavy (non-hydrogen) atoms. The number of rotatable bonds is 6. The first kappa shape index (κ1) is 17.3. The fourth-order valence-electron chi connectivity index (χ4n) is 1.92. The van der Waals surface area contributed by atoms with E-state index in [0.29, 0.717) is 11.4 Å². The normalized spacial score (nSPS) is 14.9. The fourth-order valence-corrected chi connectivity index (χ4v) is 2.12. The van der Waals surface area contributed by atoms with Crippen LogP contribution >= 0.6 is 11.6 Å². The summed E-state index contributed by atoms with van der Waals surface area (Å²) in [7, 11) is 0. The number of carbonyl (C=O) groups is 2. The number of carboxylic acids is 1. The number of aliphatic carboxylic acids is 1. The minimum atomic E-state index is -1.03. The summed E-state index contributed by atoms with van der Waals surface area (Å²) < 4.78 is 0. The number of urea groups is 1. The van der Waals surface area contributed by atoms with Gasteiger partial charge in [0, 0.05) is 5.02 Å². The van der Waals surface area contributed by atoms with Crippen molar-refractivity contribution in [1.29, 1.82) is 0 Å². The van der Waals surface area contributed by atoms with E-state index in [1.807, 2.05) is 19.9 Å². The van der Waals surface area contributed by atoms with Gasteiger partial charge in [0.2, 0.25) is 0 Å². The van der Waals surface area contributed by atoms with Crippen LogP contribution in [-0.4, -0.2) is 23.1 Å². The first-order chi connectivity index (χ1) is 9.85. The van der Waals surface area contributed by atoms with E-state index in [-0.39, 0.29) is 12.0 Å². The van der Waals surface area contributed by atoms with Crippen LogP contribution in [0.2, 0.25) is 5.02 Å². The second kappa shape index (κ2) is 7.88. The molecule has 3 N–H and O–H groups in total. The molecule has 0 aromatic heterocycles. The molecule has 5 nitrogen and oxygen atoms in total. The Kier molecular flexibility index (Phi) is 6.49. The number of hydrogen-bond donors (Lipinski definition) is 3. The van der Waals surface area contributed by atoms with Crippen molar-refractivity contribution < 1.29 is 14.7 Å². The predicted octanol–water partition coefficient (Wildman–Crippen LogP) is 3.20. The minimum absolute atomic E-state index is 0.144. The minimum Gasteiger partial charge on any atom is -0.480 e. The second-order valence-electron chi connectivity index (χ2n) is 5.10. The smallest absolute Gasteiger partial charge is 0.326 e. The van der Waals surface area contributed by atoms with Crippen molar-refractivity contribution in [3.8, 4) is 0 Å². The fraction of sp³-hybridized carbons (Fsp3) is 0.467. The van der Waals surface area contributed by atoms with Gasteiger partial charge in [-0.05, 0) is 30.5 Å². The lowest BCUT2D eigenvalue weighted by atomic mass is 9.99. The second-order valence-corrected chi connectivity index (χ2v) is 5.53. The summed E-state index contributed by atoms with van der Waals surface area (Å²) in [6.07, 6.45) is 0.668. The van der Waals surface area contributed by atoms with Gasteiger partial charge in [0.15, 0.2) is 0 Å². The number of benzene rings is 1. The molecule has 0 aliphatic heterocycles. The highest BCUT2D eigenvalue weighted by Gasteiger charge is 2.25. The molecular formula is C15H21ClN2O3. The zero-order valence-electron chi connectivity index (χ0n) is 12.4. The standard InChI is InChI=1S/C15H21ClN2O3/c1-4-9(2)13(14(19)20)18-15(21)17-10(3)11-6-5-7-12(16)8-11/h5-10,13H,4H2,1-3H3,(H,19,20)(H2,17,18,21)/t9?,10?,13-/m0/s1. The van der Waals surface area contributed by atoms with Gasteiger partial charge in [-0.1, -0.05) is 44.0 Å². The van der Waals surface area contributed by atoms with Gasteiger partial charge in [-0.3, -0.25) is 0 Å². The van der Waals surface area contributed by atoms with Crippen LogP contribution < -0.4 is 10.6 Å². The highest BCUT2D eigenvalue weighted by Crippen LogP contribution is 2.17. The van der Waals surface area contributed by atoms with Gasteiger partial charge >= 0.3 is 12.0 Å². The van der Waals surface area contributed by atoms with Crippen LogP contribution in [0.5, 0.6) is 0 Å². The molecular weight excluding hydrogens is 292 g/mol. The number of halogens is 1. The Hall–Kier alpha value is -1.75. The molecule has 0 bridgehead atoms. The zero-order valence-corrected chi connectivity index (χ0v) is 13.1. The van der Waals surface area contributed by atoms with Gasteiger partial charge in [0.25, 0.3) is 0 Å².